The second kappa shape index (κ2) is 14.9. The molecule has 4 aromatic rings. The molecule has 0 atom stereocenters. The fourth-order valence-electron chi connectivity index (χ4n) is 3.72. The molecule has 8 nitrogen and oxygen atoms in total. The molecule has 0 aliphatic heterocycles. The van der Waals surface area contributed by atoms with Crippen LogP contribution in [0.1, 0.15) is 27.0 Å². The second-order valence-electron chi connectivity index (χ2n) is 8.95. The van der Waals surface area contributed by atoms with Gasteiger partial charge in [-0.05, 0) is 76.4 Å². The number of amides is 2. The highest BCUT2D eigenvalue weighted by molar-refractivity contribution is 9.11. The minimum Gasteiger partial charge on any atom is -0.493 e. The summed E-state index contributed by atoms with van der Waals surface area (Å²) in [4.78, 5) is 25.3. The van der Waals surface area contributed by atoms with Gasteiger partial charge in [0.2, 0.25) is 0 Å². The first kappa shape index (κ1) is 31.1. The van der Waals surface area contributed by atoms with Gasteiger partial charge in [-0.1, -0.05) is 63.9 Å². The van der Waals surface area contributed by atoms with E-state index in [4.69, 9.17) is 25.8 Å². The van der Waals surface area contributed by atoms with Gasteiger partial charge in [-0.25, -0.2) is 5.43 Å². The molecule has 0 fully saturated rings. The Morgan fingerprint density at radius 2 is 1.74 bits per heavy atom. The van der Waals surface area contributed by atoms with Crippen LogP contribution in [0.15, 0.2) is 92.9 Å². The van der Waals surface area contributed by atoms with Crippen molar-refractivity contribution in [3.05, 3.63) is 115 Å². The fraction of sp³-hybridized carbons (Fsp3) is 0.129. The monoisotopic (exact) mass is 713 g/mol. The number of hydrogen-bond donors (Lipinski definition) is 2. The van der Waals surface area contributed by atoms with E-state index >= 15 is 0 Å². The Hall–Kier alpha value is -3.86. The molecule has 2 N–H and O–H groups in total. The molecule has 2 amide bonds. The van der Waals surface area contributed by atoms with Crippen molar-refractivity contribution in [2.24, 2.45) is 5.10 Å². The summed E-state index contributed by atoms with van der Waals surface area (Å²) in [7, 11) is 1.51. The molecule has 0 aromatic heterocycles. The van der Waals surface area contributed by atoms with Gasteiger partial charge in [0.05, 0.1) is 17.8 Å². The average molecular weight is 716 g/mol. The Kier molecular flexibility index (Phi) is 11.0. The zero-order valence-corrected chi connectivity index (χ0v) is 26.5. The molecule has 42 heavy (non-hydrogen) atoms. The van der Waals surface area contributed by atoms with E-state index in [1.807, 2.05) is 43.3 Å². The highest BCUT2D eigenvalue weighted by atomic mass is 79.9. The minimum atomic E-state index is -0.452. The van der Waals surface area contributed by atoms with Crippen molar-refractivity contribution in [3.8, 4) is 17.2 Å². The number of carbonyl (C=O) groups excluding carboxylic acids is 2. The van der Waals surface area contributed by atoms with Gasteiger partial charge >= 0.3 is 0 Å². The summed E-state index contributed by atoms with van der Waals surface area (Å²) in [6.07, 6.45) is 1.43. The van der Waals surface area contributed by atoms with E-state index in [0.29, 0.717) is 50.2 Å². The fourth-order valence-corrected chi connectivity index (χ4v) is 5.28. The third kappa shape index (κ3) is 8.58. The Morgan fingerprint density at radius 3 is 2.48 bits per heavy atom. The van der Waals surface area contributed by atoms with Crippen LogP contribution in [0.4, 0.5) is 5.69 Å². The number of halogens is 3. The lowest BCUT2D eigenvalue weighted by Crippen LogP contribution is -2.21. The van der Waals surface area contributed by atoms with Crippen molar-refractivity contribution >= 4 is 67.2 Å². The van der Waals surface area contributed by atoms with Gasteiger partial charge in [-0.15, -0.1) is 0 Å². The Morgan fingerprint density at radius 1 is 0.952 bits per heavy atom. The lowest BCUT2D eigenvalue weighted by Gasteiger charge is -2.13. The molecule has 0 heterocycles. The number of methoxy groups -OCH3 is 1. The van der Waals surface area contributed by atoms with Crippen LogP contribution in [0, 0.1) is 6.92 Å². The molecular weight excluding hydrogens is 690 g/mol. The van der Waals surface area contributed by atoms with Gasteiger partial charge in [0.15, 0.2) is 18.1 Å². The third-order valence-electron chi connectivity index (χ3n) is 5.87. The zero-order chi connectivity index (χ0) is 30.1. The number of benzene rings is 4. The molecule has 0 unspecified atom stereocenters. The normalized spacial score (nSPS) is 10.8. The number of nitrogens with one attached hydrogen (secondary N) is 2. The Labute approximate surface area is 265 Å². The number of hydrazone groups is 1. The van der Waals surface area contributed by atoms with Crippen LogP contribution in [0.2, 0.25) is 5.02 Å². The molecule has 0 aliphatic carbocycles. The first-order valence-electron chi connectivity index (χ1n) is 12.6. The molecule has 0 saturated heterocycles. The molecule has 0 saturated carbocycles. The summed E-state index contributed by atoms with van der Waals surface area (Å²) >= 11 is 13.0. The quantitative estimate of drug-likeness (QED) is 0.124. The van der Waals surface area contributed by atoms with E-state index in [1.165, 1.54) is 13.3 Å². The van der Waals surface area contributed by atoms with Gasteiger partial charge in [-0.2, -0.15) is 5.10 Å². The highest BCUT2D eigenvalue weighted by Crippen LogP contribution is 2.32. The van der Waals surface area contributed by atoms with E-state index in [1.54, 1.807) is 42.5 Å². The smallest absolute Gasteiger partial charge is 0.271 e. The molecule has 0 radical (unpaired) electrons. The van der Waals surface area contributed by atoms with E-state index in [0.717, 1.165) is 15.6 Å². The predicted octanol–water partition coefficient (Wildman–Crippen LogP) is 7.54. The maximum atomic E-state index is 12.8. The summed E-state index contributed by atoms with van der Waals surface area (Å²) in [6, 6.07) is 23.4. The van der Waals surface area contributed by atoms with Crippen LogP contribution in [0.3, 0.4) is 0 Å². The van der Waals surface area contributed by atoms with E-state index in [2.05, 4.69) is 47.7 Å². The van der Waals surface area contributed by atoms with Crippen LogP contribution in [0.5, 0.6) is 17.2 Å². The van der Waals surface area contributed by atoms with Crippen LogP contribution in [-0.2, 0) is 11.4 Å². The number of carbonyl (C=O) groups is 2. The molecule has 0 bridgehead atoms. The summed E-state index contributed by atoms with van der Waals surface area (Å²) < 4.78 is 18.4. The lowest BCUT2D eigenvalue weighted by atomic mass is 10.2. The standard InChI is InChI=1S/C31H26Br2ClN3O5/c1-19-8-10-24(15-26(19)34)36-29(38)18-42-30-22(12-23(32)14-25(30)33)16-35-37-31(39)21-9-11-27(28(13-21)40-2)41-17-20-6-4-3-5-7-20/h3-16H,17-18H2,1-2H3,(H,36,38)(H,37,39)/b35-16+. The number of rotatable bonds is 11. The van der Waals surface area contributed by atoms with Crippen molar-refractivity contribution in [2.75, 3.05) is 19.0 Å². The number of nitrogens with zero attached hydrogens (tertiary/aromatic N) is 1. The average Bonchev–Trinajstić information content (AvgIpc) is 2.97. The topological polar surface area (TPSA) is 98.3 Å². The summed E-state index contributed by atoms with van der Waals surface area (Å²) in [5.41, 5.74) is 5.83. The summed E-state index contributed by atoms with van der Waals surface area (Å²) in [5.74, 6) is 0.477. The van der Waals surface area contributed by atoms with E-state index in [-0.39, 0.29) is 12.5 Å². The summed E-state index contributed by atoms with van der Waals surface area (Å²) in [6.45, 7) is 1.97. The minimum absolute atomic E-state index is 0.266. The number of anilines is 1. The molecular formula is C31H26Br2ClN3O5. The predicted molar refractivity (Wildman–Crippen MR) is 171 cm³/mol. The third-order valence-corrected chi connectivity index (χ3v) is 7.33. The Balaban J connectivity index is 1.39. The Bertz CT molecular complexity index is 1620. The molecule has 4 rings (SSSR count). The van der Waals surface area contributed by atoms with Crippen LogP contribution in [0.25, 0.3) is 0 Å². The number of ether oxygens (including phenoxy) is 3. The highest BCUT2D eigenvalue weighted by Gasteiger charge is 2.14. The molecule has 216 valence electrons. The largest absolute Gasteiger partial charge is 0.493 e. The zero-order valence-electron chi connectivity index (χ0n) is 22.6. The first-order chi connectivity index (χ1) is 20.2. The molecule has 4 aromatic carbocycles. The molecule has 0 aliphatic rings. The van der Waals surface area contributed by atoms with Crippen LogP contribution in [-0.4, -0.2) is 31.7 Å². The van der Waals surface area contributed by atoms with E-state index in [9.17, 15) is 9.59 Å². The van der Waals surface area contributed by atoms with Crippen molar-refractivity contribution in [2.45, 2.75) is 13.5 Å². The van der Waals surface area contributed by atoms with E-state index < -0.39 is 5.91 Å². The van der Waals surface area contributed by atoms with Gasteiger partial charge < -0.3 is 19.5 Å². The SMILES string of the molecule is COc1cc(C(=O)N/N=C/c2cc(Br)cc(Br)c2OCC(=O)Nc2ccc(C)c(Cl)c2)ccc1OCc1ccccc1. The van der Waals surface area contributed by atoms with Crippen molar-refractivity contribution in [1.82, 2.24) is 5.43 Å². The van der Waals surface area contributed by atoms with Crippen LogP contribution < -0.4 is 25.0 Å². The van der Waals surface area contributed by atoms with Gasteiger partial charge in [0.25, 0.3) is 11.8 Å². The molecule has 0 spiro atoms. The first-order valence-corrected chi connectivity index (χ1v) is 14.6. The summed E-state index contributed by atoms with van der Waals surface area (Å²) in [5, 5.41) is 7.40. The van der Waals surface area contributed by atoms with Crippen molar-refractivity contribution in [3.63, 3.8) is 0 Å². The maximum absolute atomic E-state index is 12.8. The van der Waals surface area contributed by atoms with Gasteiger partial charge in [0, 0.05) is 26.3 Å². The van der Waals surface area contributed by atoms with Crippen molar-refractivity contribution in [1.29, 1.82) is 0 Å². The van der Waals surface area contributed by atoms with Gasteiger partial charge in [0.1, 0.15) is 12.4 Å². The van der Waals surface area contributed by atoms with Crippen molar-refractivity contribution < 1.29 is 23.8 Å². The number of hydrogen-bond acceptors (Lipinski definition) is 6. The lowest BCUT2D eigenvalue weighted by molar-refractivity contribution is -0.118. The molecule has 11 heteroatoms. The second-order valence-corrected chi connectivity index (χ2v) is 11.1. The maximum Gasteiger partial charge on any atom is 0.271 e. The van der Waals surface area contributed by atoms with Gasteiger partial charge in [-0.3, -0.25) is 9.59 Å². The van der Waals surface area contributed by atoms with Crippen LogP contribution >= 0.6 is 43.5 Å². The number of aryl methyl sites for hydroxylation is 1.